The number of hydrogen-bond donors (Lipinski definition) is 2. The van der Waals surface area contributed by atoms with Gasteiger partial charge in [-0.25, -0.2) is 4.79 Å². The van der Waals surface area contributed by atoms with Gasteiger partial charge >= 0.3 is 5.97 Å². The number of nitrogens with one attached hydrogen (secondary N) is 2. The minimum atomic E-state index is -1.01. The lowest BCUT2D eigenvalue weighted by molar-refractivity contribution is -0.158. The van der Waals surface area contributed by atoms with Crippen LogP contribution in [0.2, 0.25) is 0 Å². The van der Waals surface area contributed by atoms with Crippen molar-refractivity contribution in [3.63, 3.8) is 0 Å². The van der Waals surface area contributed by atoms with Crippen molar-refractivity contribution in [3.05, 3.63) is 59.7 Å². The summed E-state index contributed by atoms with van der Waals surface area (Å²) < 4.78 is 15.9. The number of ether oxygens (including phenoxy) is 3. The Labute approximate surface area is 187 Å². The zero-order valence-electron chi connectivity index (χ0n) is 18.4. The Morgan fingerprint density at radius 3 is 2.41 bits per heavy atom. The average molecular weight is 440 g/mol. The molecule has 2 aromatic rings. The van der Waals surface area contributed by atoms with Gasteiger partial charge in [-0.05, 0) is 36.1 Å². The Kier molecular flexibility index (Phi) is 7.70. The molecule has 1 heterocycles. The second-order valence-electron chi connectivity index (χ2n) is 7.94. The van der Waals surface area contributed by atoms with Crippen molar-refractivity contribution < 1.29 is 28.6 Å². The second-order valence-corrected chi connectivity index (χ2v) is 7.94. The van der Waals surface area contributed by atoms with Crippen molar-refractivity contribution in [2.24, 2.45) is 5.92 Å². The Bertz CT molecular complexity index is 960. The fraction of sp³-hybridized carbons (Fsp3) is 0.375. The summed E-state index contributed by atoms with van der Waals surface area (Å²) in [6.45, 7) is 5.53. The van der Waals surface area contributed by atoms with Crippen molar-refractivity contribution in [2.75, 3.05) is 6.79 Å². The molecule has 8 heteroatoms. The predicted molar refractivity (Wildman–Crippen MR) is 117 cm³/mol. The number of carbonyl (C=O) groups excluding carboxylic acids is 3. The summed E-state index contributed by atoms with van der Waals surface area (Å²) in [5, 5.41) is 5.46. The molecule has 0 unspecified atom stereocenters. The molecule has 0 saturated carbocycles. The molecular formula is C24H28N2O6. The van der Waals surface area contributed by atoms with Gasteiger partial charge in [0.2, 0.25) is 12.7 Å². The lowest BCUT2D eigenvalue weighted by Crippen LogP contribution is -2.48. The van der Waals surface area contributed by atoms with Gasteiger partial charge in [0.05, 0.1) is 6.42 Å². The largest absolute Gasteiger partial charge is 0.454 e. The molecule has 0 aliphatic carbocycles. The lowest BCUT2D eigenvalue weighted by atomic mass is 10.0. The van der Waals surface area contributed by atoms with Gasteiger partial charge in [-0.15, -0.1) is 0 Å². The van der Waals surface area contributed by atoms with Crippen LogP contribution >= 0.6 is 0 Å². The van der Waals surface area contributed by atoms with Gasteiger partial charge in [0.1, 0.15) is 6.04 Å². The van der Waals surface area contributed by atoms with Gasteiger partial charge in [0, 0.05) is 6.54 Å². The normalized spacial score (nSPS) is 13.9. The molecule has 0 aromatic heterocycles. The number of carbonyl (C=O) groups is 3. The third-order valence-electron chi connectivity index (χ3n) is 5.01. The summed E-state index contributed by atoms with van der Waals surface area (Å²) in [6, 6.07) is 13.8. The monoisotopic (exact) mass is 440 g/mol. The molecular weight excluding hydrogens is 412 g/mol. The zero-order valence-corrected chi connectivity index (χ0v) is 18.4. The van der Waals surface area contributed by atoms with Crippen molar-refractivity contribution >= 4 is 17.8 Å². The van der Waals surface area contributed by atoms with E-state index in [0.29, 0.717) is 11.5 Å². The van der Waals surface area contributed by atoms with E-state index in [1.54, 1.807) is 26.0 Å². The van der Waals surface area contributed by atoms with Crippen LogP contribution in [0.1, 0.15) is 31.9 Å². The number of esters is 1. The van der Waals surface area contributed by atoms with E-state index in [2.05, 4.69) is 10.6 Å². The molecule has 0 bridgehead atoms. The highest BCUT2D eigenvalue weighted by atomic mass is 16.7. The molecule has 2 atom stereocenters. The quantitative estimate of drug-likeness (QED) is 0.581. The summed E-state index contributed by atoms with van der Waals surface area (Å²) in [5.41, 5.74) is 1.67. The van der Waals surface area contributed by atoms with Gasteiger partial charge in [-0.3, -0.25) is 9.59 Å². The summed E-state index contributed by atoms with van der Waals surface area (Å²) in [7, 11) is 0. The summed E-state index contributed by atoms with van der Waals surface area (Å²) in [6.07, 6.45) is -0.855. The van der Waals surface area contributed by atoms with E-state index in [1.165, 1.54) is 6.92 Å². The minimum Gasteiger partial charge on any atom is -0.454 e. The molecule has 1 aliphatic rings. The van der Waals surface area contributed by atoms with Gasteiger partial charge < -0.3 is 24.8 Å². The number of hydrogen-bond acceptors (Lipinski definition) is 6. The Hall–Kier alpha value is -3.55. The van der Waals surface area contributed by atoms with E-state index in [4.69, 9.17) is 14.2 Å². The van der Waals surface area contributed by atoms with Crippen molar-refractivity contribution in [3.8, 4) is 11.5 Å². The van der Waals surface area contributed by atoms with Gasteiger partial charge in [0.25, 0.3) is 5.91 Å². The fourth-order valence-corrected chi connectivity index (χ4v) is 3.19. The Morgan fingerprint density at radius 2 is 1.69 bits per heavy atom. The third kappa shape index (κ3) is 6.23. The first kappa shape index (κ1) is 23.1. The zero-order chi connectivity index (χ0) is 23.1. The predicted octanol–water partition coefficient (Wildman–Crippen LogP) is 2.35. The van der Waals surface area contributed by atoms with E-state index in [0.717, 1.165) is 11.1 Å². The first-order valence-corrected chi connectivity index (χ1v) is 10.5. The summed E-state index contributed by atoms with van der Waals surface area (Å²) in [5.74, 6) is -0.280. The maximum Gasteiger partial charge on any atom is 0.329 e. The molecule has 170 valence electrons. The molecule has 0 saturated heterocycles. The van der Waals surface area contributed by atoms with Crippen LogP contribution in [0, 0.1) is 5.92 Å². The molecule has 2 amide bonds. The molecule has 0 radical (unpaired) electrons. The molecule has 8 nitrogen and oxygen atoms in total. The van der Waals surface area contributed by atoms with Gasteiger partial charge in [0.15, 0.2) is 17.6 Å². The topological polar surface area (TPSA) is 103 Å². The fourth-order valence-electron chi connectivity index (χ4n) is 3.19. The molecule has 3 rings (SSSR count). The standard InChI is InChI=1S/C24H28N2O6/c1-15(2)22(26-21(27)12-17-7-5-4-6-8-17)24(29)32-16(3)23(28)25-13-18-9-10-19-20(11-18)31-14-30-19/h4-11,15-16,22H,12-14H2,1-3H3,(H,25,28)(H,26,27)/t16-,22+/m1/s1. The number of benzene rings is 2. The van der Waals surface area contributed by atoms with E-state index in [9.17, 15) is 14.4 Å². The van der Waals surface area contributed by atoms with Crippen molar-refractivity contribution in [1.82, 2.24) is 10.6 Å². The summed E-state index contributed by atoms with van der Waals surface area (Å²) >= 11 is 0. The van der Waals surface area contributed by atoms with Crippen LogP contribution < -0.4 is 20.1 Å². The highest BCUT2D eigenvalue weighted by Crippen LogP contribution is 2.32. The molecule has 32 heavy (non-hydrogen) atoms. The molecule has 2 aromatic carbocycles. The Morgan fingerprint density at radius 1 is 0.969 bits per heavy atom. The number of rotatable bonds is 9. The average Bonchev–Trinajstić information content (AvgIpc) is 3.24. The first-order chi connectivity index (χ1) is 15.3. The van der Waals surface area contributed by atoms with E-state index in [-0.39, 0.29) is 31.6 Å². The molecule has 1 aliphatic heterocycles. The first-order valence-electron chi connectivity index (χ1n) is 10.5. The van der Waals surface area contributed by atoms with E-state index in [1.807, 2.05) is 36.4 Å². The highest BCUT2D eigenvalue weighted by Gasteiger charge is 2.29. The van der Waals surface area contributed by atoms with Crippen LogP contribution in [0.3, 0.4) is 0 Å². The van der Waals surface area contributed by atoms with Crippen LogP contribution in [-0.4, -0.2) is 36.7 Å². The van der Waals surface area contributed by atoms with Crippen LogP contribution in [-0.2, 0) is 32.1 Å². The lowest BCUT2D eigenvalue weighted by Gasteiger charge is -2.23. The van der Waals surface area contributed by atoms with Gasteiger partial charge in [-0.1, -0.05) is 50.2 Å². The van der Waals surface area contributed by atoms with Crippen molar-refractivity contribution in [1.29, 1.82) is 0 Å². The molecule has 0 fully saturated rings. The van der Waals surface area contributed by atoms with Crippen LogP contribution in [0.15, 0.2) is 48.5 Å². The number of amides is 2. The Balaban J connectivity index is 1.50. The SMILES string of the molecule is CC(C)[C@H](NC(=O)Cc1ccccc1)C(=O)O[C@H](C)C(=O)NCc1ccc2c(c1)OCO2. The third-order valence-corrected chi connectivity index (χ3v) is 5.01. The van der Waals surface area contributed by atoms with Gasteiger partial charge in [-0.2, -0.15) is 0 Å². The summed E-state index contributed by atoms with van der Waals surface area (Å²) in [4.78, 5) is 37.4. The van der Waals surface area contributed by atoms with Crippen LogP contribution in [0.5, 0.6) is 11.5 Å². The maximum absolute atomic E-state index is 12.6. The van der Waals surface area contributed by atoms with E-state index >= 15 is 0 Å². The second kappa shape index (κ2) is 10.7. The molecule has 2 N–H and O–H groups in total. The number of fused-ring (bicyclic) bond motifs is 1. The maximum atomic E-state index is 12.6. The molecule has 0 spiro atoms. The van der Waals surface area contributed by atoms with E-state index < -0.39 is 24.0 Å². The van der Waals surface area contributed by atoms with Crippen LogP contribution in [0.4, 0.5) is 0 Å². The van der Waals surface area contributed by atoms with Crippen LogP contribution in [0.25, 0.3) is 0 Å². The minimum absolute atomic E-state index is 0.156. The smallest absolute Gasteiger partial charge is 0.329 e. The highest BCUT2D eigenvalue weighted by molar-refractivity contribution is 5.88. The van der Waals surface area contributed by atoms with Crippen molar-refractivity contribution in [2.45, 2.75) is 45.9 Å².